The lowest BCUT2D eigenvalue weighted by Crippen LogP contribution is -3.00. The van der Waals surface area contributed by atoms with Crippen LogP contribution in [0.4, 0.5) is 11.4 Å². The lowest BCUT2D eigenvalue weighted by molar-refractivity contribution is -0.00000617. The van der Waals surface area contributed by atoms with E-state index in [1.54, 1.807) is 0 Å². The van der Waals surface area contributed by atoms with Gasteiger partial charge in [-0.2, -0.15) is 0 Å². The van der Waals surface area contributed by atoms with Crippen LogP contribution in [-0.2, 0) is 25.7 Å². The van der Waals surface area contributed by atoms with Crippen LogP contribution in [0.5, 0.6) is 0 Å². The summed E-state index contributed by atoms with van der Waals surface area (Å²) in [5.41, 5.74) is 9.11. The SMILES string of the molecule is CCCc1cccc(CCC)c1[N+]1(c2c(CCC)cccc2CCC)C=CNC1.[Cl-]. The minimum absolute atomic E-state index is 0. The van der Waals surface area contributed by atoms with E-state index in [9.17, 15) is 0 Å². The summed E-state index contributed by atoms with van der Waals surface area (Å²) in [6.45, 7) is 10.1. The number of para-hydroxylation sites is 2. The summed E-state index contributed by atoms with van der Waals surface area (Å²) in [5.74, 6) is 0. The number of nitrogens with zero attached hydrogens (tertiary/aromatic N) is 1. The highest BCUT2D eigenvalue weighted by atomic mass is 35.5. The van der Waals surface area contributed by atoms with E-state index in [0.29, 0.717) is 0 Å². The van der Waals surface area contributed by atoms with Gasteiger partial charge in [0.25, 0.3) is 0 Å². The fourth-order valence-corrected chi connectivity index (χ4v) is 5.05. The molecule has 0 atom stereocenters. The van der Waals surface area contributed by atoms with Gasteiger partial charge in [-0.15, -0.1) is 0 Å². The van der Waals surface area contributed by atoms with Gasteiger partial charge in [0.1, 0.15) is 6.20 Å². The fourth-order valence-electron chi connectivity index (χ4n) is 5.05. The Morgan fingerprint density at radius 2 is 1.03 bits per heavy atom. The van der Waals surface area contributed by atoms with E-state index < -0.39 is 0 Å². The standard InChI is InChI=1S/C27H39N2.ClH/c1-5-11-22-15-9-16-23(12-6-2)26(22)29(20-19-28-21-29)27-24(13-7-3)17-10-18-25(27)14-8-4;/h9-10,15-20,28H,5-8,11-14,21H2,1-4H3;1H/q+1;/p-1. The Hall–Kier alpha value is -1.77. The molecule has 0 amide bonds. The molecule has 0 fully saturated rings. The Morgan fingerprint density at radius 3 is 1.30 bits per heavy atom. The fraction of sp³-hybridized carbons (Fsp3) is 0.481. The molecule has 1 aliphatic rings. The molecule has 1 aliphatic heterocycles. The van der Waals surface area contributed by atoms with E-state index in [-0.39, 0.29) is 12.4 Å². The predicted octanol–water partition coefficient (Wildman–Crippen LogP) is 4.17. The zero-order chi connectivity index (χ0) is 20.7. The second-order valence-electron chi connectivity index (χ2n) is 8.40. The predicted molar refractivity (Wildman–Crippen MR) is 127 cm³/mol. The Kier molecular flexibility index (Phi) is 9.45. The number of hydrogen-bond acceptors (Lipinski definition) is 1. The number of aryl methyl sites for hydroxylation is 4. The molecule has 0 spiro atoms. The number of quaternary nitrogens is 1. The summed E-state index contributed by atoms with van der Waals surface area (Å²) in [6, 6.07) is 14.0. The van der Waals surface area contributed by atoms with Crippen LogP contribution in [0.1, 0.15) is 75.6 Å². The van der Waals surface area contributed by atoms with Gasteiger partial charge in [0.05, 0.1) is 6.20 Å². The monoisotopic (exact) mass is 426 g/mol. The molecule has 0 aromatic heterocycles. The van der Waals surface area contributed by atoms with Crippen LogP contribution in [-0.4, -0.2) is 6.67 Å². The van der Waals surface area contributed by atoms with Crippen molar-refractivity contribution in [3.63, 3.8) is 0 Å². The molecule has 3 heteroatoms. The molecule has 164 valence electrons. The van der Waals surface area contributed by atoms with Gasteiger partial charge in [-0.3, -0.25) is 0 Å². The third-order valence-corrected chi connectivity index (χ3v) is 6.07. The second kappa shape index (κ2) is 11.6. The zero-order valence-electron chi connectivity index (χ0n) is 19.3. The molecule has 1 heterocycles. The molecule has 0 saturated heterocycles. The van der Waals surface area contributed by atoms with Crippen molar-refractivity contribution in [1.82, 2.24) is 9.80 Å². The third-order valence-electron chi connectivity index (χ3n) is 6.07. The zero-order valence-corrected chi connectivity index (χ0v) is 20.1. The smallest absolute Gasteiger partial charge is 0.165 e. The summed E-state index contributed by atoms with van der Waals surface area (Å²) >= 11 is 0. The second-order valence-corrected chi connectivity index (χ2v) is 8.40. The first-order valence-electron chi connectivity index (χ1n) is 11.7. The molecular formula is C27H39ClN2. The van der Waals surface area contributed by atoms with Crippen molar-refractivity contribution in [2.45, 2.75) is 79.1 Å². The Morgan fingerprint density at radius 1 is 0.667 bits per heavy atom. The largest absolute Gasteiger partial charge is 1.00 e. The van der Waals surface area contributed by atoms with Gasteiger partial charge in [-0.1, -0.05) is 89.8 Å². The molecule has 0 radical (unpaired) electrons. The van der Waals surface area contributed by atoms with Crippen LogP contribution < -0.4 is 22.2 Å². The van der Waals surface area contributed by atoms with Crippen LogP contribution in [0.15, 0.2) is 48.8 Å². The Balaban J connectivity index is 0.00000320. The summed E-state index contributed by atoms with van der Waals surface area (Å²) < 4.78 is 0.830. The minimum atomic E-state index is 0. The van der Waals surface area contributed by atoms with Gasteiger partial charge in [-0.05, 0) is 25.7 Å². The molecule has 0 aliphatic carbocycles. The van der Waals surface area contributed by atoms with Gasteiger partial charge < -0.3 is 17.7 Å². The van der Waals surface area contributed by atoms with Crippen molar-refractivity contribution in [2.75, 3.05) is 6.67 Å². The first-order valence-corrected chi connectivity index (χ1v) is 11.7. The average Bonchev–Trinajstić information content (AvgIpc) is 3.20. The van der Waals surface area contributed by atoms with Crippen LogP contribution in [0.2, 0.25) is 0 Å². The molecule has 0 bridgehead atoms. The molecule has 2 aromatic rings. The van der Waals surface area contributed by atoms with Crippen molar-refractivity contribution in [3.8, 4) is 0 Å². The third kappa shape index (κ3) is 4.76. The van der Waals surface area contributed by atoms with E-state index in [2.05, 4.69) is 81.8 Å². The Labute approximate surface area is 190 Å². The van der Waals surface area contributed by atoms with E-state index in [1.807, 2.05) is 0 Å². The van der Waals surface area contributed by atoms with Gasteiger partial charge in [0.15, 0.2) is 18.0 Å². The lowest BCUT2D eigenvalue weighted by atomic mass is 9.93. The summed E-state index contributed by atoms with van der Waals surface area (Å²) in [5, 5.41) is 3.58. The highest BCUT2D eigenvalue weighted by Crippen LogP contribution is 2.46. The van der Waals surface area contributed by atoms with Crippen molar-refractivity contribution < 1.29 is 12.4 Å². The molecular weight excluding hydrogens is 388 g/mol. The number of rotatable bonds is 10. The topological polar surface area (TPSA) is 12.0 Å². The van der Waals surface area contributed by atoms with E-state index in [1.165, 1.54) is 59.3 Å². The first-order chi connectivity index (χ1) is 14.2. The van der Waals surface area contributed by atoms with Crippen molar-refractivity contribution in [3.05, 3.63) is 71.1 Å². The maximum absolute atomic E-state index is 3.58. The van der Waals surface area contributed by atoms with Crippen LogP contribution in [0.3, 0.4) is 0 Å². The van der Waals surface area contributed by atoms with Gasteiger partial charge in [-0.25, -0.2) is 4.48 Å². The lowest BCUT2D eigenvalue weighted by Gasteiger charge is -2.36. The summed E-state index contributed by atoms with van der Waals surface area (Å²) in [6.07, 6.45) is 13.9. The molecule has 3 rings (SSSR count). The molecule has 0 saturated carbocycles. The van der Waals surface area contributed by atoms with Gasteiger partial charge in [0.2, 0.25) is 0 Å². The minimum Gasteiger partial charge on any atom is -1.00 e. The number of benzene rings is 2. The average molecular weight is 427 g/mol. The maximum atomic E-state index is 3.58. The van der Waals surface area contributed by atoms with Crippen molar-refractivity contribution in [1.29, 1.82) is 0 Å². The van der Waals surface area contributed by atoms with E-state index in [4.69, 9.17) is 0 Å². The quantitative estimate of drug-likeness (QED) is 0.562. The number of halogens is 1. The van der Waals surface area contributed by atoms with Crippen molar-refractivity contribution >= 4 is 11.4 Å². The molecule has 30 heavy (non-hydrogen) atoms. The number of nitrogens with one attached hydrogen (secondary N) is 1. The summed E-state index contributed by atoms with van der Waals surface area (Å²) in [4.78, 5) is 0. The summed E-state index contributed by atoms with van der Waals surface area (Å²) in [7, 11) is 0. The highest BCUT2D eigenvalue weighted by molar-refractivity contribution is 5.73. The van der Waals surface area contributed by atoms with Crippen LogP contribution >= 0.6 is 0 Å². The van der Waals surface area contributed by atoms with E-state index >= 15 is 0 Å². The molecule has 2 nitrogen and oxygen atoms in total. The van der Waals surface area contributed by atoms with Gasteiger partial charge in [0, 0.05) is 22.3 Å². The molecule has 0 unspecified atom stereocenters. The molecule has 2 aromatic carbocycles. The molecule has 1 N–H and O–H groups in total. The number of hydrogen-bond donors (Lipinski definition) is 1. The van der Waals surface area contributed by atoms with Crippen LogP contribution in [0, 0.1) is 0 Å². The van der Waals surface area contributed by atoms with Gasteiger partial charge >= 0.3 is 0 Å². The highest BCUT2D eigenvalue weighted by Gasteiger charge is 2.41. The first kappa shape index (κ1) is 24.5. The Bertz CT molecular complexity index is 733. The van der Waals surface area contributed by atoms with E-state index in [0.717, 1.165) is 36.8 Å². The van der Waals surface area contributed by atoms with Crippen molar-refractivity contribution in [2.24, 2.45) is 0 Å². The van der Waals surface area contributed by atoms with Crippen LogP contribution in [0.25, 0.3) is 0 Å². The normalized spacial score (nSPS) is 14.4. The maximum Gasteiger partial charge on any atom is 0.165 e.